The Bertz CT molecular complexity index is 408. The summed E-state index contributed by atoms with van der Waals surface area (Å²) in [5.74, 6) is 0.0107. The van der Waals surface area contributed by atoms with Crippen molar-refractivity contribution in [2.45, 2.75) is 31.8 Å². The molecule has 1 saturated heterocycles. The molecule has 92 valence electrons. The van der Waals surface area contributed by atoms with Crippen LogP contribution in [-0.4, -0.2) is 24.5 Å². The van der Waals surface area contributed by atoms with E-state index >= 15 is 0 Å². The molecule has 17 heavy (non-hydrogen) atoms. The summed E-state index contributed by atoms with van der Waals surface area (Å²) in [4.78, 5) is 12.1. The highest BCUT2D eigenvalue weighted by Crippen LogP contribution is 2.16. The third-order valence-electron chi connectivity index (χ3n) is 3.08. The fourth-order valence-corrected chi connectivity index (χ4v) is 2.64. The topological polar surface area (TPSA) is 41.1 Å². The van der Waals surface area contributed by atoms with Gasteiger partial charge in [-0.2, -0.15) is 0 Å². The molecule has 0 spiro atoms. The van der Waals surface area contributed by atoms with Gasteiger partial charge in [-0.05, 0) is 54.4 Å². The molecule has 2 N–H and O–H groups in total. The molecule has 4 heteroatoms. The molecule has 0 saturated carbocycles. The molecule has 0 radical (unpaired) electrons. The quantitative estimate of drug-likeness (QED) is 0.879. The third kappa shape index (κ3) is 3.30. The number of halogens is 1. The van der Waals surface area contributed by atoms with Gasteiger partial charge in [0.05, 0.1) is 5.56 Å². The fraction of sp³-hybridized carbons (Fsp3) is 0.462. The zero-order valence-corrected chi connectivity index (χ0v) is 11.5. The molecular formula is C13H17BrN2O. The van der Waals surface area contributed by atoms with E-state index in [9.17, 15) is 4.79 Å². The summed E-state index contributed by atoms with van der Waals surface area (Å²) >= 11 is 3.40. The van der Waals surface area contributed by atoms with Crippen molar-refractivity contribution >= 4 is 21.8 Å². The van der Waals surface area contributed by atoms with Crippen LogP contribution in [-0.2, 0) is 0 Å². The Hall–Kier alpha value is -0.870. The first-order valence-corrected chi connectivity index (χ1v) is 6.75. The van der Waals surface area contributed by atoms with Crippen molar-refractivity contribution < 1.29 is 4.79 Å². The molecule has 1 aromatic rings. The zero-order chi connectivity index (χ0) is 12.3. The average molecular weight is 297 g/mol. The number of amides is 1. The molecule has 0 aliphatic carbocycles. The second-order valence-electron chi connectivity index (χ2n) is 4.53. The Kier molecular flexibility index (Phi) is 4.18. The smallest absolute Gasteiger partial charge is 0.252 e. The van der Waals surface area contributed by atoms with Crippen molar-refractivity contribution in [3.63, 3.8) is 0 Å². The van der Waals surface area contributed by atoms with Crippen LogP contribution < -0.4 is 10.6 Å². The first kappa shape index (κ1) is 12.6. The lowest BCUT2D eigenvalue weighted by molar-refractivity contribution is 0.0925. The van der Waals surface area contributed by atoms with Crippen LogP contribution in [0.2, 0.25) is 0 Å². The van der Waals surface area contributed by atoms with Gasteiger partial charge in [0.25, 0.3) is 5.91 Å². The Morgan fingerprint density at radius 1 is 1.47 bits per heavy atom. The van der Waals surface area contributed by atoms with Crippen LogP contribution in [0.1, 0.15) is 30.1 Å². The van der Waals surface area contributed by atoms with Crippen LogP contribution in [0.15, 0.2) is 28.7 Å². The number of nitrogens with one attached hydrogen (secondary N) is 2. The van der Waals surface area contributed by atoms with Gasteiger partial charge in [0, 0.05) is 16.6 Å². The summed E-state index contributed by atoms with van der Waals surface area (Å²) in [5.41, 5.74) is 0.707. The lowest BCUT2D eigenvalue weighted by atomic mass is 10.0. The highest BCUT2D eigenvalue weighted by Gasteiger charge is 2.20. The van der Waals surface area contributed by atoms with E-state index in [1.54, 1.807) is 0 Å². The summed E-state index contributed by atoms with van der Waals surface area (Å²) < 4.78 is 0.847. The van der Waals surface area contributed by atoms with Gasteiger partial charge in [-0.25, -0.2) is 0 Å². The minimum atomic E-state index is 0.0107. The number of hydrogen-bond acceptors (Lipinski definition) is 2. The standard InChI is InChI=1S/C13H17BrN2O/c1-9-8-10(6-7-15-9)16-13(17)11-4-2-3-5-12(11)14/h2-5,9-10,15H,6-8H2,1H3,(H,16,17). The fourth-order valence-electron chi connectivity index (χ4n) is 2.17. The SMILES string of the molecule is CC1CC(NC(=O)c2ccccc2Br)CCN1. The third-order valence-corrected chi connectivity index (χ3v) is 3.77. The second kappa shape index (κ2) is 5.65. The maximum absolute atomic E-state index is 12.1. The molecule has 0 aromatic heterocycles. The van der Waals surface area contributed by atoms with Crippen LogP contribution >= 0.6 is 15.9 Å². The molecule has 2 rings (SSSR count). The maximum Gasteiger partial charge on any atom is 0.252 e. The minimum Gasteiger partial charge on any atom is -0.349 e. The molecule has 1 aromatic carbocycles. The molecule has 2 unspecified atom stereocenters. The van der Waals surface area contributed by atoms with E-state index in [-0.39, 0.29) is 11.9 Å². The van der Waals surface area contributed by atoms with Crippen molar-refractivity contribution in [3.05, 3.63) is 34.3 Å². The van der Waals surface area contributed by atoms with Crippen LogP contribution in [0.4, 0.5) is 0 Å². The number of carbonyl (C=O) groups excluding carboxylic acids is 1. The highest BCUT2D eigenvalue weighted by atomic mass is 79.9. The van der Waals surface area contributed by atoms with Crippen molar-refractivity contribution in [1.82, 2.24) is 10.6 Å². The van der Waals surface area contributed by atoms with Gasteiger partial charge in [0.2, 0.25) is 0 Å². The van der Waals surface area contributed by atoms with E-state index in [0.717, 1.165) is 23.9 Å². The van der Waals surface area contributed by atoms with Gasteiger partial charge < -0.3 is 10.6 Å². The van der Waals surface area contributed by atoms with E-state index in [0.29, 0.717) is 11.6 Å². The van der Waals surface area contributed by atoms with Gasteiger partial charge in [-0.3, -0.25) is 4.79 Å². The van der Waals surface area contributed by atoms with E-state index in [2.05, 4.69) is 33.5 Å². The molecule has 1 fully saturated rings. The molecule has 1 amide bonds. The Labute approximate surface area is 110 Å². The first-order valence-electron chi connectivity index (χ1n) is 5.95. The Morgan fingerprint density at radius 3 is 2.94 bits per heavy atom. The molecule has 0 bridgehead atoms. The molecule has 1 aliphatic heterocycles. The van der Waals surface area contributed by atoms with Gasteiger partial charge in [0.1, 0.15) is 0 Å². The van der Waals surface area contributed by atoms with Crippen molar-refractivity contribution in [1.29, 1.82) is 0 Å². The summed E-state index contributed by atoms with van der Waals surface area (Å²) in [7, 11) is 0. The lowest BCUT2D eigenvalue weighted by Crippen LogP contribution is -2.46. The molecule has 2 atom stereocenters. The van der Waals surface area contributed by atoms with E-state index in [1.807, 2.05) is 24.3 Å². The predicted molar refractivity (Wildman–Crippen MR) is 72.1 cm³/mol. The number of hydrogen-bond donors (Lipinski definition) is 2. The van der Waals surface area contributed by atoms with Crippen LogP contribution in [0, 0.1) is 0 Å². The maximum atomic E-state index is 12.1. The molecule has 1 heterocycles. The number of carbonyl (C=O) groups is 1. The summed E-state index contributed by atoms with van der Waals surface area (Å²) in [6.07, 6.45) is 2.00. The highest BCUT2D eigenvalue weighted by molar-refractivity contribution is 9.10. The van der Waals surface area contributed by atoms with Gasteiger partial charge in [-0.15, -0.1) is 0 Å². The first-order chi connectivity index (χ1) is 8.16. The average Bonchev–Trinajstić information content (AvgIpc) is 2.29. The van der Waals surface area contributed by atoms with E-state index < -0.39 is 0 Å². The zero-order valence-electron chi connectivity index (χ0n) is 9.87. The van der Waals surface area contributed by atoms with Crippen molar-refractivity contribution in [3.8, 4) is 0 Å². The number of rotatable bonds is 2. The van der Waals surface area contributed by atoms with Crippen LogP contribution in [0.3, 0.4) is 0 Å². The summed E-state index contributed by atoms with van der Waals surface area (Å²) in [6.45, 7) is 3.12. The molecule has 1 aliphatic rings. The predicted octanol–water partition coefficient (Wildman–Crippen LogP) is 2.32. The van der Waals surface area contributed by atoms with Crippen molar-refractivity contribution in [2.24, 2.45) is 0 Å². The largest absolute Gasteiger partial charge is 0.349 e. The van der Waals surface area contributed by atoms with Gasteiger partial charge in [-0.1, -0.05) is 12.1 Å². The lowest BCUT2D eigenvalue weighted by Gasteiger charge is -2.28. The van der Waals surface area contributed by atoms with E-state index in [1.165, 1.54) is 0 Å². The normalized spacial score (nSPS) is 24.4. The minimum absolute atomic E-state index is 0.0107. The van der Waals surface area contributed by atoms with Crippen LogP contribution in [0.25, 0.3) is 0 Å². The van der Waals surface area contributed by atoms with Crippen LogP contribution in [0.5, 0.6) is 0 Å². The number of piperidine rings is 1. The Morgan fingerprint density at radius 2 is 2.24 bits per heavy atom. The summed E-state index contributed by atoms with van der Waals surface area (Å²) in [6, 6.07) is 8.28. The van der Waals surface area contributed by atoms with Gasteiger partial charge >= 0.3 is 0 Å². The monoisotopic (exact) mass is 296 g/mol. The van der Waals surface area contributed by atoms with Gasteiger partial charge in [0.15, 0.2) is 0 Å². The van der Waals surface area contributed by atoms with Crippen molar-refractivity contribution in [2.75, 3.05) is 6.54 Å². The Balaban J connectivity index is 1.99. The molecule has 3 nitrogen and oxygen atoms in total. The summed E-state index contributed by atoms with van der Waals surface area (Å²) in [5, 5.41) is 6.47. The van der Waals surface area contributed by atoms with E-state index in [4.69, 9.17) is 0 Å². The number of benzene rings is 1. The molecular weight excluding hydrogens is 280 g/mol. The second-order valence-corrected chi connectivity index (χ2v) is 5.38.